The Morgan fingerprint density at radius 1 is 1.14 bits per heavy atom. The summed E-state index contributed by atoms with van der Waals surface area (Å²) in [5.74, 6) is 0. The number of hydrogen-bond donors (Lipinski definition) is 1. The van der Waals surface area contributed by atoms with Crippen LogP contribution in [0.1, 0.15) is 5.56 Å². The van der Waals surface area contributed by atoms with E-state index in [4.69, 9.17) is 0 Å². The van der Waals surface area contributed by atoms with Crippen molar-refractivity contribution >= 4 is 5.69 Å². The number of nitrogens with one attached hydrogen (secondary N) is 1. The first-order chi connectivity index (χ1) is 6.54. The van der Waals surface area contributed by atoms with Gasteiger partial charge in [0.15, 0.2) is 0 Å². The number of rotatable bonds is 2. The lowest BCUT2D eigenvalue weighted by Gasteiger charge is -2.07. The molecule has 1 rings (SSSR count). The highest BCUT2D eigenvalue weighted by atomic mass is 19.4. The standard InChI is InChI=1S/C10H9F3N/c1-2-7-14-9-5-3-8(4-6-9)10(11,12)13/h2-7,14H,1H2. The molecule has 14 heavy (non-hydrogen) atoms. The van der Waals surface area contributed by atoms with Crippen LogP contribution in [0.2, 0.25) is 0 Å². The molecule has 1 N–H and O–H groups in total. The number of halogens is 3. The third-order valence-corrected chi connectivity index (χ3v) is 1.58. The zero-order valence-corrected chi connectivity index (χ0v) is 7.31. The molecule has 0 bridgehead atoms. The van der Waals surface area contributed by atoms with Crippen molar-refractivity contribution in [3.63, 3.8) is 0 Å². The molecule has 0 heterocycles. The Bertz CT molecular complexity index is 311. The van der Waals surface area contributed by atoms with Crippen molar-refractivity contribution in [3.8, 4) is 0 Å². The number of alkyl halides is 3. The lowest BCUT2D eigenvalue weighted by Crippen LogP contribution is -2.04. The van der Waals surface area contributed by atoms with Crippen LogP contribution in [0.15, 0.2) is 36.5 Å². The van der Waals surface area contributed by atoms with Gasteiger partial charge in [0.1, 0.15) is 0 Å². The van der Waals surface area contributed by atoms with E-state index in [1.165, 1.54) is 18.2 Å². The third-order valence-electron chi connectivity index (χ3n) is 1.58. The molecule has 1 radical (unpaired) electrons. The minimum Gasteiger partial charge on any atom is -0.362 e. The zero-order valence-electron chi connectivity index (χ0n) is 7.31. The first kappa shape index (κ1) is 10.6. The highest BCUT2D eigenvalue weighted by Gasteiger charge is 2.29. The number of anilines is 1. The van der Waals surface area contributed by atoms with Crippen molar-refractivity contribution in [2.24, 2.45) is 0 Å². The molecule has 0 amide bonds. The molecular weight excluding hydrogens is 191 g/mol. The van der Waals surface area contributed by atoms with Crippen LogP contribution in [-0.4, -0.2) is 0 Å². The summed E-state index contributed by atoms with van der Waals surface area (Å²) in [6, 6.07) is 4.78. The van der Waals surface area contributed by atoms with Crippen LogP contribution in [0.25, 0.3) is 0 Å². The van der Waals surface area contributed by atoms with Gasteiger partial charge in [0.2, 0.25) is 0 Å². The molecule has 0 atom stereocenters. The topological polar surface area (TPSA) is 12.0 Å². The van der Waals surface area contributed by atoms with Crippen LogP contribution >= 0.6 is 0 Å². The van der Waals surface area contributed by atoms with Crippen LogP contribution < -0.4 is 5.32 Å². The Balaban J connectivity index is 2.79. The van der Waals surface area contributed by atoms with Gasteiger partial charge in [-0.25, -0.2) is 0 Å². The van der Waals surface area contributed by atoms with Gasteiger partial charge in [0, 0.05) is 5.69 Å². The fourth-order valence-electron chi connectivity index (χ4n) is 0.911. The largest absolute Gasteiger partial charge is 0.416 e. The molecule has 0 saturated heterocycles. The second kappa shape index (κ2) is 4.17. The van der Waals surface area contributed by atoms with Gasteiger partial charge in [0.05, 0.1) is 5.56 Å². The number of benzene rings is 1. The molecule has 0 fully saturated rings. The van der Waals surface area contributed by atoms with Crippen LogP contribution in [0.5, 0.6) is 0 Å². The first-order valence-corrected chi connectivity index (χ1v) is 3.92. The van der Waals surface area contributed by atoms with Crippen LogP contribution in [0, 0.1) is 6.92 Å². The SMILES string of the molecule is [CH2]C=CNc1ccc(C(F)(F)F)cc1. The molecule has 0 aromatic heterocycles. The Morgan fingerprint density at radius 2 is 1.71 bits per heavy atom. The predicted molar refractivity (Wildman–Crippen MR) is 49.6 cm³/mol. The minimum atomic E-state index is -4.28. The van der Waals surface area contributed by atoms with Gasteiger partial charge in [-0.15, -0.1) is 0 Å². The van der Waals surface area contributed by atoms with E-state index in [2.05, 4.69) is 12.2 Å². The van der Waals surface area contributed by atoms with Crippen LogP contribution in [0.4, 0.5) is 18.9 Å². The summed E-state index contributed by atoms with van der Waals surface area (Å²) in [4.78, 5) is 0. The fraction of sp³-hybridized carbons (Fsp3) is 0.100. The maximum absolute atomic E-state index is 12.1. The summed E-state index contributed by atoms with van der Waals surface area (Å²) in [6.07, 6.45) is -1.22. The average Bonchev–Trinajstić information content (AvgIpc) is 2.14. The molecule has 4 heteroatoms. The second-order valence-corrected chi connectivity index (χ2v) is 2.62. The normalized spacial score (nSPS) is 12.0. The number of hydrogen-bond acceptors (Lipinski definition) is 1. The fourth-order valence-corrected chi connectivity index (χ4v) is 0.911. The molecule has 0 aliphatic rings. The Hall–Kier alpha value is -1.45. The van der Waals surface area contributed by atoms with Crippen LogP contribution in [0.3, 0.4) is 0 Å². The van der Waals surface area contributed by atoms with Crippen molar-refractivity contribution in [1.29, 1.82) is 0 Å². The van der Waals surface area contributed by atoms with E-state index >= 15 is 0 Å². The van der Waals surface area contributed by atoms with Gasteiger partial charge < -0.3 is 5.32 Å². The van der Waals surface area contributed by atoms with E-state index in [1.807, 2.05) is 0 Å². The molecule has 75 valence electrons. The second-order valence-electron chi connectivity index (χ2n) is 2.62. The summed E-state index contributed by atoms with van der Waals surface area (Å²) < 4.78 is 36.4. The maximum Gasteiger partial charge on any atom is 0.416 e. The summed E-state index contributed by atoms with van der Waals surface area (Å²) >= 11 is 0. The predicted octanol–water partition coefficient (Wildman–Crippen LogP) is 3.47. The van der Waals surface area contributed by atoms with Crippen LogP contribution in [-0.2, 0) is 6.18 Å². The first-order valence-electron chi connectivity index (χ1n) is 3.92. The molecule has 0 aliphatic carbocycles. The van der Waals surface area contributed by atoms with Crippen molar-refractivity contribution in [2.45, 2.75) is 6.18 Å². The summed E-state index contributed by atoms with van der Waals surface area (Å²) in [6.45, 7) is 3.43. The van der Waals surface area contributed by atoms with E-state index in [0.29, 0.717) is 5.69 Å². The van der Waals surface area contributed by atoms with E-state index in [-0.39, 0.29) is 0 Å². The Kier molecular flexibility index (Phi) is 3.17. The summed E-state index contributed by atoms with van der Waals surface area (Å²) in [7, 11) is 0. The van der Waals surface area contributed by atoms with Gasteiger partial charge in [-0.3, -0.25) is 0 Å². The molecule has 1 aromatic rings. The van der Waals surface area contributed by atoms with Gasteiger partial charge >= 0.3 is 6.18 Å². The van der Waals surface area contributed by atoms with Crippen molar-refractivity contribution < 1.29 is 13.2 Å². The smallest absolute Gasteiger partial charge is 0.362 e. The van der Waals surface area contributed by atoms with E-state index < -0.39 is 11.7 Å². The van der Waals surface area contributed by atoms with Gasteiger partial charge in [-0.1, -0.05) is 6.08 Å². The van der Waals surface area contributed by atoms with Crippen molar-refractivity contribution in [3.05, 3.63) is 49.0 Å². The van der Waals surface area contributed by atoms with Gasteiger partial charge in [-0.2, -0.15) is 13.2 Å². The van der Waals surface area contributed by atoms with Gasteiger partial charge in [0.25, 0.3) is 0 Å². The summed E-state index contributed by atoms with van der Waals surface area (Å²) in [5.41, 5.74) is -0.0560. The molecule has 1 aromatic carbocycles. The molecule has 0 aliphatic heterocycles. The highest BCUT2D eigenvalue weighted by Crippen LogP contribution is 2.29. The van der Waals surface area contributed by atoms with Crippen molar-refractivity contribution in [2.75, 3.05) is 5.32 Å². The lowest BCUT2D eigenvalue weighted by molar-refractivity contribution is -0.137. The Labute approximate surface area is 80.2 Å². The maximum atomic E-state index is 12.1. The molecule has 0 unspecified atom stereocenters. The molecule has 0 saturated carbocycles. The molecular formula is C10H9F3N. The minimum absolute atomic E-state index is 0.595. The van der Waals surface area contributed by atoms with Gasteiger partial charge in [-0.05, 0) is 37.4 Å². The van der Waals surface area contributed by atoms with E-state index in [0.717, 1.165) is 12.1 Å². The van der Waals surface area contributed by atoms with E-state index in [1.54, 1.807) is 6.20 Å². The Morgan fingerprint density at radius 3 is 2.14 bits per heavy atom. The third kappa shape index (κ3) is 2.80. The molecule has 1 nitrogen and oxygen atoms in total. The average molecular weight is 200 g/mol. The highest BCUT2D eigenvalue weighted by molar-refractivity contribution is 5.47. The zero-order chi connectivity index (χ0) is 10.6. The quantitative estimate of drug-likeness (QED) is 0.770. The lowest BCUT2D eigenvalue weighted by atomic mass is 10.2. The number of allylic oxidation sites excluding steroid dienone is 1. The molecule has 0 spiro atoms. The monoisotopic (exact) mass is 200 g/mol. The van der Waals surface area contributed by atoms with E-state index in [9.17, 15) is 13.2 Å². The summed E-state index contributed by atoms with van der Waals surface area (Å²) in [5, 5.41) is 2.76. The van der Waals surface area contributed by atoms with Crippen molar-refractivity contribution in [1.82, 2.24) is 0 Å².